The molecule has 0 aromatic carbocycles. The lowest BCUT2D eigenvalue weighted by Gasteiger charge is -2.50. The van der Waals surface area contributed by atoms with E-state index in [2.05, 4.69) is 48.5 Å². The molecule has 0 aromatic heterocycles. The molecule has 0 amide bonds. The molecule has 0 saturated heterocycles. The lowest BCUT2D eigenvalue weighted by molar-refractivity contribution is -0.139. The summed E-state index contributed by atoms with van der Waals surface area (Å²) in [7, 11) is -0.536. The van der Waals surface area contributed by atoms with E-state index in [1.807, 2.05) is 6.92 Å². The maximum Gasteiger partial charge on any atom is 0.501 e. The normalized spacial score (nSPS) is 14.8. The minimum atomic E-state index is -2.83. The van der Waals surface area contributed by atoms with E-state index < -0.39 is 17.1 Å². The molecule has 0 aliphatic heterocycles. The summed E-state index contributed by atoms with van der Waals surface area (Å²) < 4.78 is 23.1. The Labute approximate surface area is 176 Å². The molecule has 5 nitrogen and oxygen atoms in total. The van der Waals surface area contributed by atoms with Crippen molar-refractivity contribution in [1.29, 1.82) is 0 Å². The maximum atomic E-state index is 13.2. The monoisotopic (exact) mass is 434 g/mol. The predicted molar refractivity (Wildman–Crippen MR) is 121 cm³/mol. The third-order valence-electron chi connectivity index (χ3n) is 5.97. The van der Waals surface area contributed by atoms with E-state index in [-0.39, 0.29) is 22.0 Å². The van der Waals surface area contributed by atoms with Gasteiger partial charge in [-0.05, 0) is 16.1 Å². The van der Waals surface area contributed by atoms with Gasteiger partial charge in [0.1, 0.15) is 0 Å². The van der Waals surface area contributed by atoms with Gasteiger partial charge >= 0.3 is 8.80 Å². The fourth-order valence-electron chi connectivity index (χ4n) is 4.26. The zero-order valence-electron chi connectivity index (χ0n) is 20.4. The quantitative estimate of drug-likeness (QED) is 0.271. The smallest absolute Gasteiger partial charge is 0.501 e. The van der Waals surface area contributed by atoms with E-state index in [0.29, 0.717) is 6.04 Å². The Morgan fingerprint density at radius 2 is 1.32 bits per heavy atom. The highest BCUT2D eigenvalue weighted by Gasteiger charge is 2.57. The average Bonchev–Trinajstić information content (AvgIpc) is 2.60. The van der Waals surface area contributed by atoms with Crippen molar-refractivity contribution in [2.24, 2.45) is 5.92 Å². The van der Waals surface area contributed by atoms with Crippen molar-refractivity contribution in [2.75, 3.05) is 21.3 Å². The first-order valence-corrected chi connectivity index (χ1v) is 14.7. The molecule has 0 spiro atoms. The number of carbonyl (C=O) groups excluding carboxylic acids is 1. The summed E-state index contributed by atoms with van der Waals surface area (Å²) >= 11 is 0. The Balaban J connectivity index is 5.65. The van der Waals surface area contributed by atoms with Crippen LogP contribution in [0.25, 0.3) is 0 Å². The van der Waals surface area contributed by atoms with Crippen LogP contribution in [0.15, 0.2) is 0 Å². The van der Waals surface area contributed by atoms with Crippen LogP contribution in [-0.4, -0.2) is 44.4 Å². The zero-order valence-corrected chi connectivity index (χ0v) is 22.4. The predicted octanol–water partition coefficient (Wildman–Crippen LogP) is 6.17. The Bertz CT molecular complexity index is 442. The zero-order chi connectivity index (χ0) is 22.2. The summed E-state index contributed by atoms with van der Waals surface area (Å²) in [5.41, 5.74) is 0. The fourth-order valence-corrected chi connectivity index (χ4v) is 11.9. The summed E-state index contributed by atoms with van der Waals surface area (Å²) in [6, 6.07) is 1.42. The van der Waals surface area contributed by atoms with Crippen molar-refractivity contribution in [3.63, 3.8) is 0 Å². The summed E-state index contributed by atoms with van der Waals surface area (Å²) in [5, 5.41) is -0.101. The molecule has 0 radical (unpaired) electrons. The van der Waals surface area contributed by atoms with Crippen molar-refractivity contribution in [3.8, 4) is 0 Å². The van der Waals surface area contributed by atoms with E-state index in [9.17, 15) is 4.79 Å². The lowest BCUT2D eigenvalue weighted by atomic mass is 10.2. The molecular formula is C21H46O5Si2. The fraction of sp³-hybridized carbons (Fsp3) is 0.952. The van der Waals surface area contributed by atoms with Gasteiger partial charge in [-0.15, -0.1) is 0 Å². The van der Waals surface area contributed by atoms with Crippen molar-refractivity contribution in [3.05, 3.63) is 0 Å². The van der Waals surface area contributed by atoms with Gasteiger partial charge in [0.15, 0.2) is 0 Å². The third-order valence-corrected chi connectivity index (χ3v) is 15.4. The first-order valence-electron chi connectivity index (χ1n) is 10.6. The molecular weight excluding hydrogens is 388 g/mol. The van der Waals surface area contributed by atoms with Crippen LogP contribution in [0.1, 0.15) is 81.1 Å². The van der Waals surface area contributed by atoms with Crippen molar-refractivity contribution in [1.82, 2.24) is 0 Å². The van der Waals surface area contributed by atoms with Crippen LogP contribution >= 0.6 is 0 Å². The molecule has 0 bridgehead atoms. The number of rotatable bonds is 12. The molecule has 0 aliphatic carbocycles. The topological polar surface area (TPSA) is 54.0 Å². The second-order valence-corrected chi connectivity index (χ2v) is 18.3. The van der Waals surface area contributed by atoms with E-state index in [0.717, 1.165) is 12.5 Å². The minimum Gasteiger partial charge on any atom is -0.518 e. The van der Waals surface area contributed by atoms with E-state index in [1.54, 1.807) is 21.3 Å². The molecule has 0 fully saturated rings. The van der Waals surface area contributed by atoms with Crippen LogP contribution in [0.5, 0.6) is 0 Å². The Morgan fingerprint density at radius 3 is 1.68 bits per heavy atom. The van der Waals surface area contributed by atoms with E-state index in [1.165, 1.54) is 19.3 Å². The Morgan fingerprint density at radius 1 is 0.857 bits per heavy atom. The van der Waals surface area contributed by atoms with Gasteiger partial charge in [-0.1, -0.05) is 81.1 Å². The highest BCUT2D eigenvalue weighted by atomic mass is 28.4. The second-order valence-electron chi connectivity index (χ2n) is 9.96. The first kappa shape index (κ1) is 27.8. The second kappa shape index (κ2) is 11.3. The van der Waals surface area contributed by atoms with Gasteiger partial charge in [0.05, 0.1) is 5.92 Å². The van der Waals surface area contributed by atoms with Crippen LogP contribution in [0.2, 0.25) is 22.2 Å². The molecule has 0 N–H and O–H groups in total. The van der Waals surface area contributed by atoms with E-state index >= 15 is 0 Å². The van der Waals surface area contributed by atoms with Crippen molar-refractivity contribution in [2.45, 2.75) is 103 Å². The highest BCUT2D eigenvalue weighted by Crippen LogP contribution is 2.55. The molecule has 168 valence electrons. The lowest BCUT2D eigenvalue weighted by Crippen LogP contribution is -2.56. The minimum absolute atomic E-state index is 0.0505. The van der Waals surface area contributed by atoms with Gasteiger partial charge in [0, 0.05) is 27.4 Å². The van der Waals surface area contributed by atoms with Crippen LogP contribution in [0.4, 0.5) is 0 Å². The standard InChI is InChI=1S/C21H46O5Si2/c1-12-13-14-15-16-27(20(3,4)5,21(6,7)8)26-19(22)18(2)17-28(23-9,24-10)25-11/h18H,12-17H2,1-11H3. The molecule has 0 saturated carbocycles. The summed E-state index contributed by atoms with van der Waals surface area (Å²) in [5.74, 6) is -0.478. The van der Waals surface area contributed by atoms with Gasteiger partial charge in [-0.2, -0.15) is 0 Å². The van der Waals surface area contributed by atoms with Gasteiger partial charge in [0.2, 0.25) is 0 Å². The maximum absolute atomic E-state index is 13.2. The van der Waals surface area contributed by atoms with Crippen LogP contribution < -0.4 is 0 Å². The van der Waals surface area contributed by atoms with Gasteiger partial charge in [-0.3, -0.25) is 4.79 Å². The summed E-state index contributed by atoms with van der Waals surface area (Å²) in [4.78, 5) is 13.2. The molecule has 0 rings (SSSR count). The molecule has 28 heavy (non-hydrogen) atoms. The van der Waals surface area contributed by atoms with Gasteiger partial charge in [0.25, 0.3) is 14.3 Å². The number of hydrogen-bond donors (Lipinski definition) is 0. The van der Waals surface area contributed by atoms with Crippen LogP contribution in [0, 0.1) is 5.92 Å². The third kappa shape index (κ3) is 6.94. The summed E-state index contributed by atoms with van der Waals surface area (Å²) in [6.07, 6.45) is 4.74. The van der Waals surface area contributed by atoms with Crippen LogP contribution in [-0.2, 0) is 22.5 Å². The Hall–Kier alpha value is -0.216. The number of unbranched alkanes of at least 4 members (excludes halogenated alkanes) is 3. The number of hydrogen-bond acceptors (Lipinski definition) is 5. The molecule has 1 unspecified atom stereocenters. The van der Waals surface area contributed by atoms with E-state index in [4.69, 9.17) is 17.7 Å². The molecule has 0 heterocycles. The largest absolute Gasteiger partial charge is 0.518 e. The summed E-state index contributed by atoms with van der Waals surface area (Å²) in [6.45, 7) is 17.5. The molecule has 7 heteroatoms. The molecule has 0 aliphatic rings. The first-order chi connectivity index (χ1) is 12.8. The molecule has 1 atom stereocenters. The van der Waals surface area contributed by atoms with Crippen molar-refractivity contribution >= 4 is 23.1 Å². The van der Waals surface area contributed by atoms with Crippen LogP contribution in [0.3, 0.4) is 0 Å². The Kier molecular flexibility index (Phi) is 11.2. The number of carbonyl (C=O) groups is 1. The highest BCUT2D eigenvalue weighted by molar-refractivity contribution is 6.80. The van der Waals surface area contributed by atoms with Gasteiger partial charge < -0.3 is 17.7 Å². The average molecular weight is 435 g/mol. The van der Waals surface area contributed by atoms with Gasteiger partial charge in [-0.25, -0.2) is 0 Å². The van der Waals surface area contributed by atoms with Crippen molar-refractivity contribution < 1.29 is 22.5 Å². The SMILES string of the molecule is CCCCCC[Si](OC(=O)C(C)C[Si](OC)(OC)OC)(C(C)(C)C)C(C)(C)C. The molecule has 0 aromatic rings.